The third-order valence-corrected chi connectivity index (χ3v) is 4.17. The number of amides is 1. The lowest BCUT2D eigenvalue weighted by Crippen LogP contribution is -2.38. The molecule has 0 fully saturated rings. The predicted molar refractivity (Wildman–Crippen MR) is 127 cm³/mol. The van der Waals surface area contributed by atoms with E-state index in [1.54, 1.807) is 21.3 Å². The van der Waals surface area contributed by atoms with Gasteiger partial charge in [0, 0.05) is 51.4 Å². The minimum absolute atomic E-state index is 0. The summed E-state index contributed by atoms with van der Waals surface area (Å²) in [5.41, 5.74) is 2.85. The molecule has 158 valence electrons. The van der Waals surface area contributed by atoms with Gasteiger partial charge in [0.15, 0.2) is 5.96 Å². The first-order chi connectivity index (χ1) is 13.5. The Morgan fingerprint density at radius 2 is 1.90 bits per heavy atom. The summed E-state index contributed by atoms with van der Waals surface area (Å²) in [5, 5.41) is 6.14. The van der Waals surface area contributed by atoms with E-state index in [2.05, 4.69) is 15.6 Å². The van der Waals surface area contributed by atoms with E-state index >= 15 is 0 Å². The lowest BCUT2D eigenvalue weighted by molar-refractivity contribution is -0.114. The minimum atomic E-state index is -0.0888. The Morgan fingerprint density at radius 3 is 2.52 bits per heavy atom. The van der Waals surface area contributed by atoms with Crippen LogP contribution in [0.15, 0.2) is 47.5 Å². The van der Waals surface area contributed by atoms with Gasteiger partial charge in [-0.3, -0.25) is 9.79 Å². The van der Waals surface area contributed by atoms with Crippen molar-refractivity contribution in [2.45, 2.75) is 20.0 Å². The average Bonchev–Trinajstić information content (AvgIpc) is 2.68. The number of ether oxygens (including phenoxy) is 2. The molecule has 2 N–H and O–H groups in total. The summed E-state index contributed by atoms with van der Waals surface area (Å²) in [5.74, 6) is 2.19. The van der Waals surface area contributed by atoms with Gasteiger partial charge in [0.05, 0.1) is 14.2 Å². The molecule has 7 nitrogen and oxygen atoms in total. The van der Waals surface area contributed by atoms with Crippen LogP contribution in [0.4, 0.5) is 5.69 Å². The molecule has 0 aromatic heterocycles. The summed E-state index contributed by atoms with van der Waals surface area (Å²) in [6, 6.07) is 13.5. The van der Waals surface area contributed by atoms with Crippen LogP contribution in [0.25, 0.3) is 0 Å². The van der Waals surface area contributed by atoms with Gasteiger partial charge in [-0.1, -0.05) is 12.1 Å². The molecule has 2 aromatic rings. The van der Waals surface area contributed by atoms with E-state index in [1.165, 1.54) is 6.92 Å². The van der Waals surface area contributed by atoms with E-state index in [4.69, 9.17) is 9.47 Å². The molecule has 0 saturated heterocycles. The van der Waals surface area contributed by atoms with E-state index < -0.39 is 0 Å². The third-order valence-electron chi connectivity index (χ3n) is 4.17. The van der Waals surface area contributed by atoms with Gasteiger partial charge in [-0.2, -0.15) is 0 Å². The van der Waals surface area contributed by atoms with Crippen LogP contribution in [-0.4, -0.2) is 45.1 Å². The van der Waals surface area contributed by atoms with E-state index in [1.807, 2.05) is 54.4 Å². The van der Waals surface area contributed by atoms with Gasteiger partial charge in [-0.05, 0) is 29.8 Å². The Hall–Kier alpha value is -2.49. The molecule has 0 aliphatic carbocycles. The number of rotatable bonds is 7. The quantitative estimate of drug-likeness (QED) is 0.338. The number of nitrogens with zero attached hydrogens (tertiary/aromatic N) is 2. The topological polar surface area (TPSA) is 75.2 Å². The molecule has 8 heteroatoms. The summed E-state index contributed by atoms with van der Waals surface area (Å²) in [4.78, 5) is 17.6. The minimum Gasteiger partial charge on any atom is -0.497 e. The Kier molecular flexibility index (Phi) is 10.3. The maximum Gasteiger partial charge on any atom is 0.221 e. The van der Waals surface area contributed by atoms with Gasteiger partial charge in [-0.25, -0.2) is 0 Å². The van der Waals surface area contributed by atoms with Crippen molar-refractivity contribution in [3.8, 4) is 11.5 Å². The lowest BCUT2D eigenvalue weighted by Gasteiger charge is -2.23. The van der Waals surface area contributed by atoms with E-state index in [-0.39, 0.29) is 29.9 Å². The highest BCUT2D eigenvalue weighted by Gasteiger charge is 2.11. The molecule has 0 unspecified atom stereocenters. The smallest absolute Gasteiger partial charge is 0.221 e. The number of aliphatic imine (C=N–C) groups is 1. The highest BCUT2D eigenvalue weighted by Crippen LogP contribution is 2.25. The Morgan fingerprint density at radius 1 is 1.14 bits per heavy atom. The number of hydrogen-bond acceptors (Lipinski definition) is 4. The Bertz CT molecular complexity index is 842. The maximum absolute atomic E-state index is 11.2. The Labute approximate surface area is 189 Å². The number of anilines is 1. The second-order valence-corrected chi connectivity index (χ2v) is 6.32. The van der Waals surface area contributed by atoms with Crippen molar-refractivity contribution < 1.29 is 14.3 Å². The molecule has 0 aliphatic rings. The second-order valence-electron chi connectivity index (χ2n) is 6.32. The van der Waals surface area contributed by atoms with Crippen molar-refractivity contribution >= 4 is 41.5 Å². The first kappa shape index (κ1) is 24.5. The predicted octanol–water partition coefficient (Wildman–Crippen LogP) is 3.49. The number of halogens is 1. The monoisotopic (exact) mass is 512 g/mol. The van der Waals surface area contributed by atoms with E-state index in [0.717, 1.165) is 34.3 Å². The van der Waals surface area contributed by atoms with Gasteiger partial charge >= 0.3 is 0 Å². The normalized spacial score (nSPS) is 10.6. The first-order valence-electron chi connectivity index (χ1n) is 8.96. The van der Waals surface area contributed by atoms with Crippen LogP contribution in [0.3, 0.4) is 0 Å². The number of hydrogen-bond donors (Lipinski definition) is 2. The summed E-state index contributed by atoms with van der Waals surface area (Å²) < 4.78 is 10.7. The largest absolute Gasteiger partial charge is 0.497 e. The molecule has 2 rings (SSSR count). The fourth-order valence-electron chi connectivity index (χ4n) is 2.84. The molecular weight excluding hydrogens is 483 g/mol. The molecule has 0 spiro atoms. The van der Waals surface area contributed by atoms with Crippen LogP contribution in [0.5, 0.6) is 11.5 Å². The summed E-state index contributed by atoms with van der Waals surface area (Å²) in [6.07, 6.45) is 0. The second kappa shape index (κ2) is 12.2. The number of guanidine groups is 1. The lowest BCUT2D eigenvalue weighted by atomic mass is 10.2. The molecule has 0 radical (unpaired) electrons. The van der Waals surface area contributed by atoms with Crippen molar-refractivity contribution in [1.82, 2.24) is 10.2 Å². The number of carbonyl (C=O) groups excluding carboxylic acids is 1. The molecule has 0 saturated carbocycles. The fraction of sp³-hybridized carbons (Fsp3) is 0.333. The van der Waals surface area contributed by atoms with Crippen molar-refractivity contribution in [2.75, 3.05) is 33.6 Å². The van der Waals surface area contributed by atoms with Gasteiger partial charge in [0.25, 0.3) is 0 Å². The van der Waals surface area contributed by atoms with Crippen molar-refractivity contribution in [3.63, 3.8) is 0 Å². The van der Waals surface area contributed by atoms with Gasteiger partial charge in [0.1, 0.15) is 11.5 Å². The van der Waals surface area contributed by atoms with Crippen molar-refractivity contribution in [2.24, 2.45) is 4.99 Å². The average molecular weight is 512 g/mol. The highest BCUT2D eigenvalue weighted by molar-refractivity contribution is 14.0. The zero-order valence-electron chi connectivity index (χ0n) is 17.5. The van der Waals surface area contributed by atoms with Crippen LogP contribution in [0.1, 0.15) is 18.1 Å². The molecule has 0 atom stereocenters. The Balaban J connectivity index is 0.00000420. The molecule has 1 amide bonds. The number of nitrogens with one attached hydrogen (secondary N) is 2. The zero-order valence-corrected chi connectivity index (χ0v) is 19.8. The fourth-order valence-corrected chi connectivity index (χ4v) is 2.84. The molecule has 29 heavy (non-hydrogen) atoms. The van der Waals surface area contributed by atoms with Gasteiger partial charge < -0.3 is 25.0 Å². The van der Waals surface area contributed by atoms with E-state index in [0.29, 0.717) is 13.1 Å². The number of benzene rings is 2. The van der Waals surface area contributed by atoms with Crippen molar-refractivity contribution in [1.29, 1.82) is 0 Å². The summed E-state index contributed by atoms with van der Waals surface area (Å²) in [7, 11) is 6.99. The van der Waals surface area contributed by atoms with Gasteiger partial charge in [-0.15, -0.1) is 24.0 Å². The van der Waals surface area contributed by atoms with Crippen LogP contribution in [0, 0.1) is 0 Å². The number of methoxy groups -OCH3 is 2. The van der Waals surface area contributed by atoms with Gasteiger partial charge in [0.2, 0.25) is 5.91 Å². The first-order valence-corrected chi connectivity index (χ1v) is 8.96. The van der Waals surface area contributed by atoms with Crippen LogP contribution in [-0.2, 0) is 17.9 Å². The van der Waals surface area contributed by atoms with Crippen LogP contribution < -0.4 is 20.1 Å². The van der Waals surface area contributed by atoms with Crippen LogP contribution in [0.2, 0.25) is 0 Å². The molecule has 0 heterocycles. The zero-order chi connectivity index (χ0) is 20.5. The molecule has 2 aromatic carbocycles. The molecule has 0 aliphatic heterocycles. The SMILES string of the molecule is CN=C(NCc1cccc(NC(C)=O)c1)N(C)Cc1ccc(OC)cc1OC.I. The summed E-state index contributed by atoms with van der Waals surface area (Å²) >= 11 is 0. The maximum atomic E-state index is 11.2. The van der Waals surface area contributed by atoms with E-state index in [9.17, 15) is 4.79 Å². The molecule has 0 bridgehead atoms. The van der Waals surface area contributed by atoms with Crippen LogP contribution >= 0.6 is 24.0 Å². The third kappa shape index (κ3) is 7.45. The van der Waals surface area contributed by atoms with Crippen molar-refractivity contribution in [3.05, 3.63) is 53.6 Å². The number of carbonyl (C=O) groups is 1. The summed E-state index contributed by atoms with van der Waals surface area (Å²) in [6.45, 7) is 2.71. The molecular formula is C21H29IN4O3. The standard InChI is InChI=1S/C21H28N4O3.HI/c1-15(26)24-18-8-6-7-16(11-18)13-23-21(22-2)25(3)14-17-9-10-19(27-4)12-20(17)28-5;/h6-12H,13-14H2,1-5H3,(H,22,23)(H,24,26);1H. The highest BCUT2D eigenvalue weighted by atomic mass is 127.